The maximum absolute atomic E-state index is 4.40. The van der Waals surface area contributed by atoms with Gasteiger partial charge in [-0.05, 0) is 32.2 Å². The minimum absolute atomic E-state index is 0.455. The first-order valence-corrected chi connectivity index (χ1v) is 7.48. The Morgan fingerprint density at radius 1 is 1.28 bits per heavy atom. The monoisotopic (exact) mass is 251 g/mol. The second-order valence-corrected chi connectivity index (χ2v) is 5.18. The molecule has 0 fully saturated rings. The lowest BCUT2D eigenvalue weighted by atomic mass is 9.92. The SMILES string of the molecule is CCCCC(C)C(NCCC)c1cnn(CC)c1. The van der Waals surface area contributed by atoms with Gasteiger partial charge in [-0.3, -0.25) is 4.68 Å². The molecule has 3 heteroatoms. The van der Waals surface area contributed by atoms with Gasteiger partial charge in [-0.25, -0.2) is 0 Å². The van der Waals surface area contributed by atoms with Crippen molar-refractivity contribution >= 4 is 0 Å². The van der Waals surface area contributed by atoms with Crippen LogP contribution in [0.2, 0.25) is 0 Å². The summed E-state index contributed by atoms with van der Waals surface area (Å²) in [6, 6.07) is 0.455. The molecule has 104 valence electrons. The van der Waals surface area contributed by atoms with Crippen LogP contribution in [0.5, 0.6) is 0 Å². The third-order valence-electron chi connectivity index (χ3n) is 3.53. The van der Waals surface area contributed by atoms with E-state index in [-0.39, 0.29) is 0 Å². The number of hydrogen-bond acceptors (Lipinski definition) is 2. The number of aromatic nitrogens is 2. The Balaban J connectivity index is 2.69. The molecule has 0 spiro atoms. The highest BCUT2D eigenvalue weighted by molar-refractivity contribution is 5.11. The summed E-state index contributed by atoms with van der Waals surface area (Å²) in [7, 11) is 0. The topological polar surface area (TPSA) is 29.9 Å². The van der Waals surface area contributed by atoms with Crippen LogP contribution in [0.1, 0.15) is 65.0 Å². The fourth-order valence-corrected chi connectivity index (χ4v) is 2.35. The molecular weight excluding hydrogens is 222 g/mol. The van der Waals surface area contributed by atoms with Crippen LogP contribution < -0.4 is 5.32 Å². The molecule has 0 radical (unpaired) electrons. The van der Waals surface area contributed by atoms with Crippen LogP contribution in [0, 0.1) is 5.92 Å². The van der Waals surface area contributed by atoms with E-state index in [0.717, 1.165) is 13.1 Å². The van der Waals surface area contributed by atoms with Gasteiger partial charge in [0.2, 0.25) is 0 Å². The van der Waals surface area contributed by atoms with Crippen molar-refractivity contribution in [2.24, 2.45) is 5.92 Å². The molecule has 0 aliphatic heterocycles. The Hall–Kier alpha value is -0.830. The van der Waals surface area contributed by atoms with Crippen molar-refractivity contribution in [1.82, 2.24) is 15.1 Å². The minimum atomic E-state index is 0.455. The number of nitrogens with zero attached hydrogens (tertiary/aromatic N) is 2. The third-order valence-corrected chi connectivity index (χ3v) is 3.53. The van der Waals surface area contributed by atoms with E-state index in [4.69, 9.17) is 0 Å². The Morgan fingerprint density at radius 3 is 2.61 bits per heavy atom. The predicted octanol–water partition coefficient (Wildman–Crippen LogP) is 3.77. The van der Waals surface area contributed by atoms with Crippen LogP contribution in [-0.4, -0.2) is 16.3 Å². The maximum atomic E-state index is 4.40. The zero-order valence-electron chi connectivity index (χ0n) is 12.4. The van der Waals surface area contributed by atoms with Gasteiger partial charge in [0, 0.05) is 24.3 Å². The van der Waals surface area contributed by atoms with Gasteiger partial charge in [-0.15, -0.1) is 0 Å². The van der Waals surface area contributed by atoms with Crippen molar-refractivity contribution in [3.05, 3.63) is 18.0 Å². The molecule has 0 saturated heterocycles. The summed E-state index contributed by atoms with van der Waals surface area (Å²) in [6.45, 7) is 11.0. The van der Waals surface area contributed by atoms with Crippen molar-refractivity contribution in [3.63, 3.8) is 0 Å². The molecule has 0 aliphatic carbocycles. The van der Waals surface area contributed by atoms with E-state index < -0.39 is 0 Å². The summed E-state index contributed by atoms with van der Waals surface area (Å²) in [4.78, 5) is 0. The molecule has 0 aromatic carbocycles. The lowest BCUT2D eigenvalue weighted by Gasteiger charge is -2.24. The number of rotatable bonds is 9. The standard InChI is InChI=1S/C15H29N3/c1-5-8-9-13(4)15(16-10-6-2)14-11-17-18(7-3)12-14/h11-13,15-16H,5-10H2,1-4H3. The van der Waals surface area contributed by atoms with Crippen LogP contribution in [0.4, 0.5) is 0 Å². The lowest BCUT2D eigenvalue weighted by Crippen LogP contribution is -2.27. The molecular formula is C15H29N3. The molecule has 2 unspecified atom stereocenters. The molecule has 2 atom stereocenters. The first kappa shape index (κ1) is 15.2. The number of aryl methyl sites for hydroxylation is 1. The smallest absolute Gasteiger partial charge is 0.0537 e. The van der Waals surface area contributed by atoms with Crippen LogP contribution in [0.15, 0.2) is 12.4 Å². The van der Waals surface area contributed by atoms with E-state index in [9.17, 15) is 0 Å². The highest BCUT2D eigenvalue weighted by Crippen LogP contribution is 2.25. The van der Waals surface area contributed by atoms with Crippen molar-refractivity contribution in [3.8, 4) is 0 Å². The Bertz CT molecular complexity index is 319. The van der Waals surface area contributed by atoms with Crippen LogP contribution in [0.25, 0.3) is 0 Å². The first-order valence-electron chi connectivity index (χ1n) is 7.48. The van der Waals surface area contributed by atoms with E-state index in [1.165, 1.54) is 31.2 Å². The number of hydrogen-bond donors (Lipinski definition) is 1. The van der Waals surface area contributed by atoms with Crippen LogP contribution in [-0.2, 0) is 6.54 Å². The van der Waals surface area contributed by atoms with Gasteiger partial charge in [-0.1, -0.05) is 33.6 Å². The summed E-state index contributed by atoms with van der Waals surface area (Å²) in [6.07, 6.45) is 9.27. The largest absolute Gasteiger partial charge is 0.310 e. The molecule has 1 heterocycles. The highest BCUT2D eigenvalue weighted by atomic mass is 15.3. The summed E-state index contributed by atoms with van der Waals surface area (Å²) >= 11 is 0. The molecule has 3 nitrogen and oxygen atoms in total. The molecule has 0 bridgehead atoms. The van der Waals surface area contributed by atoms with E-state index in [1.807, 2.05) is 10.9 Å². The third kappa shape index (κ3) is 4.45. The highest BCUT2D eigenvalue weighted by Gasteiger charge is 2.19. The molecule has 1 N–H and O–H groups in total. The lowest BCUT2D eigenvalue weighted by molar-refractivity contribution is 0.357. The maximum Gasteiger partial charge on any atom is 0.0537 e. The zero-order chi connectivity index (χ0) is 13.4. The second kappa shape index (κ2) is 8.30. The van der Waals surface area contributed by atoms with Crippen molar-refractivity contribution in [1.29, 1.82) is 0 Å². The first-order chi connectivity index (χ1) is 8.72. The van der Waals surface area contributed by atoms with E-state index in [1.54, 1.807) is 0 Å². The van der Waals surface area contributed by atoms with Crippen LogP contribution in [0.3, 0.4) is 0 Å². The summed E-state index contributed by atoms with van der Waals surface area (Å²) in [5, 5.41) is 8.08. The van der Waals surface area contributed by atoms with Gasteiger partial charge in [0.05, 0.1) is 6.20 Å². The number of unbranched alkanes of at least 4 members (excludes halogenated alkanes) is 1. The van der Waals surface area contributed by atoms with Crippen molar-refractivity contribution in [2.75, 3.05) is 6.54 Å². The normalized spacial score (nSPS) is 14.7. The summed E-state index contributed by atoms with van der Waals surface area (Å²) in [5.74, 6) is 0.672. The quantitative estimate of drug-likeness (QED) is 0.724. The summed E-state index contributed by atoms with van der Waals surface area (Å²) < 4.78 is 2.02. The van der Waals surface area contributed by atoms with Crippen LogP contribution >= 0.6 is 0 Å². The Kier molecular flexibility index (Phi) is 7.02. The van der Waals surface area contributed by atoms with E-state index in [2.05, 4.69) is 44.3 Å². The molecule has 1 aromatic heterocycles. The van der Waals surface area contributed by atoms with E-state index >= 15 is 0 Å². The Morgan fingerprint density at radius 2 is 2.06 bits per heavy atom. The fraction of sp³-hybridized carbons (Fsp3) is 0.800. The predicted molar refractivity (Wildman–Crippen MR) is 77.6 cm³/mol. The zero-order valence-corrected chi connectivity index (χ0v) is 12.4. The molecule has 0 amide bonds. The molecule has 0 aliphatic rings. The average Bonchev–Trinajstić information content (AvgIpc) is 2.85. The fourth-order valence-electron chi connectivity index (χ4n) is 2.35. The van der Waals surface area contributed by atoms with E-state index in [0.29, 0.717) is 12.0 Å². The number of nitrogens with one attached hydrogen (secondary N) is 1. The van der Waals surface area contributed by atoms with Crippen molar-refractivity contribution in [2.45, 2.75) is 66.0 Å². The van der Waals surface area contributed by atoms with Crippen molar-refractivity contribution < 1.29 is 0 Å². The van der Waals surface area contributed by atoms with Gasteiger partial charge in [0.1, 0.15) is 0 Å². The molecule has 18 heavy (non-hydrogen) atoms. The van der Waals surface area contributed by atoms with Gasteiger partial charge < -0.3 is 5.32 Å². The molecule has 0 saturated carbocycles. The Labute approximate surface area is 112 Å². The summed E-state index contributed by atoms with van der Waals surface area (Å²) in [5.41, 5.74) is 1.34. The van der Waals surface area contributed by atoms with Gasteiger partial charge in [-0.2, -0.15) is 5.10 Å². The molecule has 1 aromatic rings. The average molecular weight is 251 g/mol. The van der Waals surface area contributed by atoms with Gasteiger partial charge in [0.25, 0.3) is 0 Å². The molecule has 1 rings (SSSR count). The second-order valence-electron chi connectivity index (χ2n) is 5.18. The minimum Gasteiger partial charge on any atom is -0.310 e. The van der Waals surface area contributed by atoms with Gasteiger partial charge in [0.15, 0.2) is 0 Å². The van der Waals surface area contributed by atoms with Gasteiger partial charge >= 0.3 is 0 Å².